The molecule has 1 aromatic heterocycles. The smallest absolute Gasteiger partial charge is 0.348 e. The van der Waals surface area contributed by atoms with Gasteiger partial charge in [0.1, 0.15) is 14.5 Å². The highest BCUT2D eigenvalue weighted by molar-refractivity contribution is 9.10. The van der Waals surface area contributed by atoms with Crippen molar-refractivity contribution in [2.75, 3.05) is 0 Å². The quantitative estimate of drug-likeness (QED) is 0.910. The molecular formula is C13H12BrNO2S. The number of carbonyl (C=O) groups is 1. The van der Waals surface area contributed by atoms with Crippen LogP contribution in [-0.4, -0.2) is 16.1 Å². The Hall–Kier alpha value is -1.20. The van der Waals surface area contributed by atoms with E-state index in [1.165, 1.54) is 16.9 Å². The molecule has 18 heavy (non-hydrogen) atoms. The molecule has 2 aromatic rings. The van der Waals surface area contributed by atoms with Crippen molar-refractivity contribution in [1.29, 1.82) is 0 Å². The van der Waals surface area contributed by atoms with Crippen LogP contribution in [0.5, 0.6) is 0 Å². The largest absolute Gasteiger partial charge is 0.477 e. The van der Waals surface area contributed by atoms with Crippen molar-refractivity contribution >= 4 is 33.2 Å². The molecule has 0 aliphatic carbocycles. The average molecular weight is 326 g/mol. The Morgan fingerprint density at radius 2 is 1.94 bits per heavy atom. The van der Waals surface area contributed by atoms with Gasteiger partial charge in [-0.15, -0.1) is 11.3 Å². The molecule has 0 spiro atoms. The summed E-state index contributed by atoms with van der Waals surface area (Å²) in [5, 5.41) is 9.70. The maximum absolute atomic E-state index is 11.0. The highest BCUT2D eigenvalue weighted by Crippen LogP contribution is 2.31. The normalized spacial score (nSPS) is 10.9. The third-order valence-electron chi connectivity index (χ3n) is 2.60. The lowest BCUT2D eigenvalue weighted by atomic mass is 10.0. The number of thiazole rings is 1. The first-order chi connectivity index (χ1) is 8.49. The molecule has 0 bridgehead atoms. The van der Waals surface area contributed by atoms with E-state index in [2.05, 4.69) is 46.9 Å². The molecule has 3 nitrogen and oxygen atoms in total. The van der Waals surface area contributed by atoms with Crippen LogP contribution in [0.3, 0.4) is 0 Å². The SMILES string of the molecule is CC(C)c1ccc(-c2nc(Br)c(C(=O)O)s2)cc1. The lowest BCUT2D eigenvalue weighted by Crippen LogP contribution is -1.91. The number of nitrogens with zero attached hydrogens (tertiary/aromatic N) is 1. The minimum Gasteiger partial charge on any atom is -0.477 e. The lowest BCUT2D eigenvalue weighted by molar-refractivity contribution is 0.0701. The summed E-state index contributed by atoms with van der Waals surface area (Å²) in [6.07, 6.45) is 0. The second kappa shape index (κ2) is 5.20. The lowest BCUT2D eigenvalue weighted by Gasteiger charge is -2.05. The van der Waals surface area contributed by atoms with E-state index in [-0.39, 0.29) is 4.88 Å². The molecule has 0 aliphatic rings. The van der Waals surface area contributed by atoms with Crippen molar-refractivity contribution in [3.8, 4) is 10.6 Å². The van der Waals surface area contributed by atoms with Gasteiger partial charge in [0, 0.05) is 5.56 Å². The molecule has 1 N–H and O–H groups in total. The molecule has 2 rings (SSSR count). The van der Waals surface area contributed by atoms with Crippen LogP contribution >= 0.6 is 27.3 Å². The van der Waals surface area contributed by atoms with Crippen molar-refractivity contribution in [2.24, 2.45) is 0 Å². The highest BCUT2D eigenvalue weighted by Gasteiger charge is 2.16. The summed E-state index contributed by atoms with van der Waals surface area (Å²) in [5.74, 6) is -0.471. The topological polar surface area (TPSA) is 50.2 Å². The minimum absolute atomic E-state index is 0.234. The summed E-state index contributed by atoms with van der Waals surface area (Å²) < 4.78 is 0.392. The molecule has 0 saturated carbocycles. The molecule has 0 radical (unpaired) electrons. The number of hydrogen-bond acceptors (Lipinski definition) is 3. The van der Waals surface area contributed by atoms with E-state index in [0.29, 0.717) is 10.5 Å². The fraction of sp³-hybridized carbons (Fsp3) is 0.231. The van der Waals surface area contributed by atoms with Gasteiger partial charge in [-0.25, -0.2) is 9.78 Å². The third-order valence-corrected chi connectivity index (χ3v) is 4.53. The summed E-state index contributed by atoms with van der Waals surface area (Å²) in [6, 6.07) is 8.06. The van der Waals surface area contributed by atoms with Crippen molar-refractivity contribution in [3.05, 3.63) is 39.3 Å². The van der Waals surface area contributed by atoms with Crippen LogP contribution in [0.1, 0.15) is 35.0 Å². The number of benzene rings is 1. The van der Waals surface area contributed by atoms with E-state index in [4.69, 9.17) is 5.11 Å². The van der Waals surface area contributed by atoms with E-state index in [0.717, 1.165) is 10.6 Å². The number of rotatable bonds is 3. The van der Waals surface area contributed by atoms with Crippen molar-refractivity contribution in [3.63, 3.8) is 0 Å². The summed E-state index contributed by atoms with van der Waals surface area (Å²) in [7, 11) is 0. The summed E-state index contributed by atoms with van der Waals surface area (Å²) in [6.45, 7) is 4.27. The van der Waals surface area contributed by atoms with Crippen LogP contribution in [0.4, 0.5) is 0 Å². The number of aromatic carboxylic acids is 1. The Kier molecular flexibility index (Phi) is 3.82. The van der Waals surface area contributed by atoms with Gasteiger partial charge in [0.25, 0.3) is 0 Å². The average Bonchev–Trinajstić information content (AvgIpc) is 2.71. The number of halogens is 1. The second-order valence-electron chi connectivity index (χ2n) is 4.22. The van der Waals surface area contributed by atoms with Gasteiger partial charge in [-0.2, -0.15) is 0 Å². The Morgan fingerprint density at radius 1 is 1.33 bits per heavy atom. The monoisotopic (exact) mass is 325 g/mol. The van der Waals surface area contributed by atoms with Gasteiger partial charge in [-0.05, 0) is 27.4 Å². The zero-order valence-electron chi connectivity index (χ0n) is 9.98. The van der Waals surface area contributed by atoms with Gasteiger partial charge < -0.3 is 5.11 Å². The first-order valence-electron chi connectivity index (χ1n) is 5.49. The zero-order valence-corrected chi connectivity index (χ0v) is 12.4. The zero-order chi connectivity index (χ0) is 13.3. The van der Waals surface area contributed by atoms with Crippen molar-refractivity contribution in [2.45, 2.75) is 19.8 Å². The van der Waals surface area contributed by atoms with Gasteiger partial charge in [0.15, 0.2) is 0 Å². The Balaban J connectivity index is 2.37. The van der Waals surface area contributed by atoms with Crippen LogP contribution < -0.4 is 0 Å². The Bertz CT molecular complexity index is 575. The van der Waals surface area contributed by atoms with Crippen molar-refractivity contribution in [1.82, 2.24) is 4.98 Å². The van der Waals surface area contributed by atoms with E-state index < -0.39 is 5.97 Å². The molecule has 5 heteroatoms. The number of carboxylic acids is 1. The van der Waals surface area contributed by atoms with Crippen LogP contribution in [0.25, 0.3) is 10.6 Å². The maximum Gasteiger partial charge on any atom is 0.348 e. The molecule has 94 valence electrons. The highest BCUT2D eigenvalue weighted by atomic mass is 79.9. The van der Waals surface area contributed by atoms with Gasteiger partial charge in [0.05, 0.1) is 0 Å². The van der Waals surface area contributed by atoms with Crippen LogP contribution in [0, 0.1) is 0 Å². The maximum atomic E-state index is 11.0. The molecule has 0 saturated heterocycles. The predicted molar refractivity (Wildman–Crippen MR) is 76.3 cm³/mol. The number of hydrogen-bond donors (Lipinski definition) is 1. The number of carboxylic acid groups (broad SMARTS) is 1. The molecule has 0 fully saturated rings. The fourth-order valence-electron chi connectivity index (χ4n) is 1.57. The van der Waals surface area contributed by atoms with E-state index >= 15 is 0 Å². The molecule has 1 heterocycles. The standard InChI is InChI=1S/C13H12BrNO2S/c1-7(2)8-3-5-9(6-4-8)12-15-11(14)10(18-12)13(16)17/h3-7H,1-2H3,(H,16,17). The van der Waals surface area contributed by atoms with E-state index in [1.807, 2.05) is 12.1 Å². The van der Waals surface area contributed by atoms with Gasteiger partial charge in [-0.3, -0.25) is 0 Å². The Morgan fingerprint density at radius 3 is 2.39 bits per heavy atom. The summed E-state index contributed by atoms with van der Waals surface area (Å²) in [4.78, 5) is 15.4. The van der Waals surface area contributed by atoms with E-state index in [1.54, 1.807) is 0 Å². The van der Waals surface area contributed by atoms with Gasteiger partial charge in [-0.1, -0.05) is 38.1 Å². The Labute approximate surface area is 118 Å². The molecule has 0 amide bonds. The summed E-state index contributed by atoms with van der Waals surface area (Å²) in [5.41, 5.74) is 2.20. The van der Waals surface area contributed by atoms with Crippen LogP contribution in [-0.2, 0) is 0 Å². The molecule has 0 atom stereocenters. The number of aromatic nitrogens is 1. The molecule has 1 aromatic carbocycles. The fourth-order valence-corrected chi connectivity index (χ4v) is 3.08. The molecular weight excluding hydrogens is 314 g/mol. The first kappa shape index (κ1) is 13.2. The van der Waals surface area contributed by atoms with Gasteiger partial charge in [0.2, 0.25) is 0 Å². The van der Waals surface area contributed by atoms with Gasteiger partial charge >= 0.3 is 5.97 Å². The van der Waals surface area contributed by atoms with Crippen LogP contribution in [0.2, 0.25) is 0 Å². The van der Waals surface area contributed by atoms with E-state index in [9.17, 15) is 4.79 Å². The second-order valence-corrected chi connectivity index (χ2v) is 5.97. The third kappa shape index (κ3) is 2.62. The molecule has 0 aliphatic heterocycles. The first-order valence-corrected chi connectivity index (χ1v) is 7.10. The van der Waals surface area contributed by atoms with Crippen LogP contribution in [0.15, 0.2) is 28.9 Å². The van der Waals surface area contributed by atoms with Crippen molar-refractivity contribution < 1.29 is 9.90 Å². The predicted octanol–water partition coefficient (Wildman–Crippen LogP) is 4.39. The minimum atomic E-state index is -0.954. The summed E-state index contributed by atoms with van der Waals surface area (Å²) >= 11 is 4.35. The molecule has 0 unspecified atom stereocenters.